The molecule has 1 unspecified atom stereocenters. The molecule has 0 bridgehead atoms. The monoisotopic (exact) mass is 268 g/mol. The summed E-state index contributed by atoms with van der Waals surface area (Å²) in [6, 6.07) is 0. The molecule has 0 radical (unpaired) electrons. The Bertz CT molecular complexity index is 319. The third-order valence-corrected chi connectivity index (χ3v) is 5.79. The van der Waals surface area contributed by atoms with Crippen LogP contribution in [-0.2, 0) is 9.53 Å². The van der Waals surface area contributed by atoms with Gasteiger partial charge in [0.15, 0.2) is 0 Å². The molecule has 19 heavy (non-hydrogen) atoms. The number of hydrogen-bond acceptors (Lipinski definition) is 3. The van der Waals surface area contributed by atoms with E-state index < -0.39 is 11.0 Å². The van der Waals surface area contributed by atoms with Gasteiger partial charge in [-0.25, -0.2) is 0 Å². The maximum absolute atomic E-state index is 12.5. The molecule has 2 aliphatic carbocycles. The number of rotatable bonds is 4. The highest BCUT2D eigenvalue weighted by atomic mass is 16.5. The quantitative estimate of drug-likeness (QED) is 0.796. The third kappa shape index (κ3) is 2.01. The van der Waals surface area contributed by atoms with Crippen molar-refractivity contribution in [1.29, 1.82) is 0 Å². The molecule has 0 aromatic carbocycles. The van der Waals surface area contributed by atoms with Crippen LogP contribution in [0.15, 0.2) is 0 Å². The van der Waals surface area contributed by atoms with E-state index in [1.54, 1.807) is 0 Å². The summed E-state index contributed by atoms with van der Waals surface area (Å²) in [6.07, 6.45) is 8.29. The number of methoxy groups -OCH3 is 1. The van der Waals surface area contributed by atoms with Crippen molar-refractivity contribution in [3.63, 3.8) is 0 Å². The molecule has 2 aliphatic rings. The minimum atomic E-state index is -0.889. The summed E-state index contributed by atoms with van der Waals surface area (Å²) in [6.45, 7) is 3.97. The first-order chi connectivity index (χ1) is 9.08. The minimum absolute atomic E-state index is 0.171. The van der Waals surface area contributed by atoms with E-state index in [1.165, 1.54) is 32.8 Å². The third-order valence-electron chi connectivity index (χ3n) is 5.79. The fourth-order valence-corrected chi connectivity index (χ4v) is 4.67. The molecule has 1 N–H and O–H groups in total. The van der Waals surface area contributed by atoms with Crippen LogP contribution < -0.4 is 0 Å². The second-order valence-corrected chi connectivity index (χ2v) is 6.30. The van der Waals surface area contributed by atoms with Gasteiger partial charge in [0.1, 0.15) is 5.41 Å². The molecule has 0 aliphatic heterocycles. The van der Waals surface area contributed by atoms with Crippen molar-refractivity contribution in [2.75, 3.05) is 7.11 Å². The Morgan fingerprint density at radius 2 is 1.63 bits per heavy atom. The zero-order valence-corrected chi connectivity index (χ0v) is 12.6. The predicted molar refractivity (Wildman–Crippen MR) is 74.7 cm³/mol. The van der Waals surface area contributed by atoms with Crippen LogP contribution in [0.4, 0.5) is 0 Å². The molecule has 0 amide bonds. The van der Waals surface area contributed by atoms with Gasteiger partial charge in [0.05, 0.1) is 12.7 Å². The van der Waals surface area contributed by atoms with Crippen LogP contribution in [0, 0.1) is 17.3 Å². The van der Waals surface area contributed by atoms with Crippen LogP contribution >= 0.6 is 0 Å². The molecule has 0 aromatic rings. The first kappa shape index (κ1) is 14.8. The van der Waals surface area contributed by atoms with Gasteiger partial charge in [-0.15, -0.1) is 0 Å². The molecule has 3 atom stereocenters. The first-order valence-corrected chi connectivity index (χ1v) is 7.89. The van der Waals surface area contributed by atoms with Gasteiger partial charge in [-0.2, -0.15) is 0 Å². The lowest BCUT2D eigenvalue weighted by Gasteiger charge is -2.35. The Morgan fingerprint density at radius 3 is 2.00 bits per heavy atom. The summed E-state index contributed by atoms with van der Waals surface area (Å²) in [4.78, 5) is 12.5. The van der Waals surface area contributed by atoms with Gasteiger partial charge in [0, 0.05) is 0 Å². The maximum atomic E-state index is 12.5. The summed E-state index contributed by atoms with van der Waals surface area (Å²) in [5.41, 5.74) is -1.50. The number of ether oxygens (including phenoxy) is 1. The molecular formula is C16H28O3. The highest BCUT2D eigenvalue weighted by molar-refractivity contribution is 5.83. The van der Waals surface area contributed by atoms with Gasteiger partial charge in [0.25, 0.3) is 0 Å². The topological polar surface area (TPSA) is 46.5 Å². The van der Waals surface area contributed by atoms with Crippen molar-refractivity contribution in [3.05, 3.63) is 0 Å². The van der Waals surface area contributed by atoms with E-state index >= 15 is 0 Å². The zero-order valence-electron chi connectivity index (χ0n) is 12.6. The van der Waals surface area contributed by atoms with Crippen molar-refractivity contribution in [2.24, 2.45) is 17.3 Å². The van der Waals surface area contributed by atoms with Crippen LogP contribution in [0.25, 0.3) is 0 Å². The van der Waals surface area contributed by atoms with E-state index in [1.807, 2.05) is 13.8 Å². The number of carbonyl (C=O) groups is 1. The van der Waals surface area contributed by atoms with Crippen molar-refractivity contribution in [3.8, 4) is 0 Å². The molecular weight excluding hydrogens is 240 g/mol. The Morgan fingerprint density at radius 1 is 1.16 bits per heavy atom. The Kier molecular flexibility index (Phi) is 4.24. The molecule has 2 rings (SSSR count). The molecule has 0 heterocycles. The fraction of sp³-hybridized carbons (Fsp3) is 0.938. The van der Waals surface area contributed by atoms with E-state index in [9.17, 15) is 9.90 Å². The Labute approximate surface area is 116 Å². The van der Waals surface area contributed by atoms with Crippen molar-refractivity contribution in [2.45, 2.75) is 70.8 Å². The minimum Gasteiger partial charge on any atom is -0.468 e. The van der Waals surface area contributed by atoms with Crippen LogP contribution in [0.1, 0.15) is 65.2 Å². The average Bonchev–Trinajstić information content (AvgIpc) is 3.04. The highest BCUT2D eigenvalue weighted by Crippen LogP contribution is 2.70. The Balaban J connectivity index is 2.34. The Hall–Kier alpha value is -0.570. The van der Waals surface area contributed by atoms with Crippen LogP contribution in [0.2, 0.25) is 0 Å². The molecule has 0 saturated heterocycles. The number of fused-ring (bicyclic) bond motifs is 1. The van der Waals surface area contributed by atoms with Crippen LogP contribution in [0.5, 0.6) is 0 Å². The number of aliphatic hydroxyl groups is 1. The number of hydrogen-bond donors (Lipinski definition) is 1. The van der Waals surface area contributed by atoms with E-state index in [4.69, 9.17) is 4.74 Å². The summed E-state index contributed by atoms with van der Waals surface area (Å²) in [5.74, 6) is 0.505. The number of carbonyl (C=O) groups excluding carboxylic acids is 1. The van der Waals surface area contributed by atoms with Crippen molar-refractivity contribution >= 4 is 5.97 Å². The molecule has 0 spiro atoms. The van der Waals surface area contributed by atoms with Gasteiger partial charge < -0.3 is 9.84 Å². The van der Waals surface area contributed by atoms with E-state index in [-0.39, 0.29) is 5.97 Å². The standard InChI is InChI=1S/C16H28O3/c1-4-15(18,5-2)16(14(17)19-3)12-10-8-6-7-9-11-13(12)16/h12-13,18H,4-11H2,1-3H3/t12-,13+,16?. The maximum Gasteiger partial charge on any atom is 0.315 e. The van der Waals surface area contributed by atoms with Gasteiger partial charge in [-0.05, 0) is 37.5 Å². The molecule has 3 heteroatoms. The average molecular weight is 268 g/mol. The lowest BCUT2D eigenvalue weighted by atomic mass is 9.76. The van der Waals surface area contributed by atoms with E-state index in [0.29, 0.717) is 24.7 Å². The summed E-state index contributed by atoms with van der Waals surface area (Å²) in [7, 11) is 1.46. The second kappa shape index (κ2) is 5.43. The van der Waals surface area contributed by atoms with Gasteiger partial charge >= 0.3 is 5.97 Å². The van der Waals surface area contributed by atoms with Gasteiger partial charge in [0.2, 0.25) is 0 Å². The summed E-state index contributed by atoms with van der Waals surface area (Å²) in [5, 5.41) is 11.0. The lowest BCUT2D eigenvalue weighted by Crippen LogP contribution is -2.46. The second-order valence-electron chi connectivity index (χ2n) is 6.30. The van der Waals surface area contributed by atoms with E-state index in [0.717, 1.165) is 12.8 Å². The zero-order chi connectivity index (χ0) is 14.1. The van der Waals surface area contributed by atoms with E-state index in [2.05, 4.69) is 0 Å². The fourth-order valence-electron chi connectivity index (χ4n) is 4.67. The van der Waals surface area contributed by atoms with Crippen LogP contribution in [0.3, 0.4) is 0 Å². The molecule has 3 nitrogen and oxygen atoms in total. The summed E-state index contributed by atoms with van der Waals surface area (Å²) < 4.78 is 5.10. The van der Waals surface area contributed by atoms with Crippen molar-refractivity contribution in [1.82, 2.24) is 0 Å². The molecule has 2 fully saturated rings. The van der Waals surface area contributed by atoms with Crippen molar-refractivity contribution < 1.29 is 14.6 Å². The lowest BCUT2D eigenvalue weighted by molar-refractivity contribution is -0.163. The first-order valence-electron chi connectivity index (χ1n) is 7.89. The largest absolute Gasteiger partial charge is 0.468 e. The smallest absolute Gasteiger partial charge is 0.315 e. The molecule has 110 valence electrons. The normalized spacial score (nSPS) is 34.9. The summed E-state index contributed by atoms with van der Waals surface area (Å²) >= 11 is 0. The molecule has 2 saturated carbocycles. The predicted octanol–water partition coefficient (Wildman–Crippen LogP) is 3.30. The van der Waals surface area contributed by atoms with Crippen LogP contribution in [-0.4, -0.2) is 23.8 Å². The highest BCUT2D eigenvalue weighted by Gasteiger charge is 2.76. The molecule has 0 aromatic heterocycles. The number of esters is 1. The van der Waals surface area contributed by atoms with Gasteiger partial charge in [-0.3, -0.25) is 4.79 Å². The van der Waals surface area contributed by atoms with Gasteiger partial charge in [-0.1, -0.05) is 39.5 Å². The SMILES string of the molecule is CCC(O)(CC)C1(C(=O)OC)[C@@H]2CCCCCC[C@@H]21.